The zero-order chi connectivity index (χ0) is 28.1. The summed E-state index contributed by atoms with van der Waals surface area (Å²) in [6.07, 6.45) is 4.82. The van der Waals surface area contributed by atoms with E-state index in [1.807, 2.05) is 54.6 Å². The number of fused-ring (bicyclic) bond motifs is 1. The number of carbonyl (C=O) groups is 2. The van der Waals surface area contributed by atoms with Crippen LogP contribution in [0, 0.1) is 0 Å². The van der Waals surface area contributed by atoms with Crippen molar-refractivity contribution in [2.45, 2.75) is 57.7 Å². The average molecular weight is 542 g/mol. The zero-order valence-electron chi connectivity index (χ0n) is 23.2. The number of anilines is 1. The van der Waals surface area contributed by atoms with E-state index >= 15 is 0 Å². The second-order valence-electron chi connectivity index (χ2n) is 9.99. The molecule has 1 heterocycles. The number of benzene rings is 3. The van der Waals surface area contributed by atoms with E-state index < -0.39 is 6.04 Å². The third-order valence-corrected chi connectivity index (χ3v) is 7.53. The molecule has 0 spiro atoms. The Kier molecular flexibility index (Phi) is 8.28. The van der Waals surface area contributed by atoms with Gasteiger partial charge in [-0.05, 0) is 55.2 Å². The van der Waals surface area contributed by atoms with Crippen LogP contribution in [0.25, 0.3) is 11.0 Å². The number of aromatic nitrogens is 3. The molecule has 3 aromatic carbocycles. The summed E-state index contributed by atoms with van der Waals surface area (Å²) >= 11 is 0. The molecule has 1 atom stereocenters. The van der Waals surface area contributed by atoms with Gasteiger partial charge in [0.05, 0.1) is 19.7 Å². The first kappa shape index (κ1) is 27.2. The smallest absolute Gasteiger partial charge is 0.249 e. The Bertz CT molecular complexity index is 1480. The summed E-state index contributed by atoms with van der Waals surface area (Å²) in [6, 6.07) is 19.7. The minimum Gasteiger partial charge on any atom is -0.493 e. The van der Waals surface area contributed by atoms with Crippen LogP contribution >= 0.6 is 0 Å². The van der Waals surface area contributed by atoms with Gasteiger partial charge in [-0.1, -0.05) is 61.4 Å². The number of nitrogens with one attached hydrogen (secondary N) is 1. The summed E-state index contributed by atoms with van der Waals surface area (Å²) in [4.78, 5) is 30.0. The molecule has 0 aliphatic heterocycles. The van der Waals surface area contributed by atoms with Crippen LogP contribution in [0.3, 0.4) is 0 Å². The molecule has 1 fully saturated rings. The second-order valence-corrected chi connectivity index (χ2v) is 9.99. The summed E-state index contributed by atoms with van der Waals surface area (Å²) in [5, 5.41) is 11.7. The van der Waals surface area contributed by atoms with E-state index in [0.717, 1.165) is 43.2 Å². The number of ether oxygens (including phenoxy) is 2. The second kappa shape index (κ2) is 12.2. The topological polar surface area (TPSA) is 98.6 Å². The highest BCUT2D eigenvalue weighted by atomic mass is 16.5. The van der Waals surface area contributed by atoms with Gasteiger partial charge in [-0.2, -0.15) is 0 Å². The summed E-state index contributed by atoms with van der Waals surface area (Å²) < 4.78 is 12.9. The maximum absolute atomic E-state index is 14.3. The Morgan fingerprint density at radius 3 is 2.45 bits per heavy atom. The summed E-state index contributed by atoms with van der Waals surface area (Å²) in [6.45, 7) is 1.97. The molecule has 208 valence electrons. The largest absolute Gasteiger partial charge is 0.493 e. The van der Waals surface area contributed by atoms with Crippen LogP contribution in [-0.2, 0) is 22.6 Å². The van der Waals surface area contributed by atoms with E-state index in [1.165, 1.54) is 7.11 Å². The molecule has 1 saturated carbocycles. The molecule has 2 amide bonds. The number of carbonyl (C=O) groups excluding carboxylic acids is 2. The number of methoxy groups -OCH3 is 2. The van der Waals surface area contributed by atoms with Crippen molar-refractivity contribution in [1.29, 1.82) is 0 Å². The molecule has 0 bridgehead atoms. The SMILES string of the molecule is CCc1ccc(N(C(=O)Cn2nnc3ccccc32)[C@H](C(=O)NC2CCCC2)c2cccc(OC)c2OC)cc1. The molecule has 1 aliphatic rings. The molecule has 0 saturated heterocycles. The van der Waals surface area contributed by atoms with Gasteiger partial charge in [0, 0.05) is 17.3 Å². The van der Waals surface area contributed by atoms with Crippen LogP contribution in [0.2, 0.25) is 0 Å². The Morgan fingerprint density at radius 2 is 1.75 bits per heavy atom. The van der Waals surface area contributed by atoms with Crippen LogP contribution in [-0.4, -0.2) is 47.1 Å². The fraction of sp³-hybridized carbons (Fsp3) is 0.355. The van der Waals surface area contributed by atoms with Crippen molar-refractivity contribution < 1.29 is 19.1 Å². The van der Waals surface area contributed by atoms with Gasteiger partial charge in [0.25, 0.3) is 0 Å². The van der Waals surface area contributed by atoms with Crippen molar-refractivity contribution in [3.8, 4) is 11.5 Å². The van der Waals surface area contributed by atoms with Gasteiger partial charge in [0.1, 0.15) is 18.1 Å². The van der Waals surface area contributed by atoms with Crippen LogP contribution in [0.15, 0.2) is 66.7 Å². The summed E-state index contributed by atoms with van der Waals surface area (Å²) in [7, 11) is 3.09. The Balaban J connectivity index is 1.63. The van der Waals surface area contributed by atoms with Crippen LogP contribution in [0.1, 0.15) is 49.8 Å². The molecule has 1 N–H and O–H groups in total. The number of rotatable bonds is 10. The minimum absolute atomic E-state index is 0.0604. The van der Waals surface area contributed by atoms with E-state index in [2.05, 4.69) is 22.6 Å². The third-order valence-electron chi connectivity index (χ3n) is 7.53. The Morgan fingerprint density at radius 1 is 1.00 bits per heavy atom. The highest BCUT2D eigenvalue weighted by Crippen LogP contribution is 2.39. The lowest BCUT2D eigenvalue weighted by Gasteiger charge is -2.33. The molecule has 9 heteroatoms. The summed E-state index contributed by atoms with van der Waals surface area (Å²) in [5.74, 6) is 0.312. The first-order valence-electron chi connectivity index (χ1n) is 13.7. The number of hydrogen-bond acceptors (Lipinski definition) is 6. The van der Waals surface area contributed by atoms with E-state index in [-0.39, 0.29) is 24.4 Å². The maximum Gasteiger partial charge on any atom is 0.249 e. The van der Waals surface area contributed by atoms with Gasteiger partial charge >= 0.3 is 0 Å². The quantitative estimate of drug-likeness (QED) is 0.308. The lowest BCUT2D eigenvalue weighted by molar-refractivity contribution is -0.127. The van der Waals surface area contributed by atoms with Gasteiger partial charge in [-0.15, -0.1) is 5.10 Å². The predicted molar refractivity (Wildman–Crippen MR) is 154 cm³/mol. The molecule has 1 aliphatic carbocycles. The van der Waals surface area contributed by atoms with Crippen LogP contribution < -0.4 is 19.7 Å². The van der Waals surface area contributed by atoms with Gasteiger partial charge in [0.15, 0.2) is 11.5 Å². The lowest BCUT2D eigenvalue weighted by Crippen LogP contribution is -2.47. The van der Waals surface area contributed by atoms with Crippen LogP contribution in [0.5, 0.6) is 11.5 Å². The van der Waals surface area contributed by atoms with E-state index in [4.69, 9.17) is 9.47 Å². The molecular formula is C31H35N5O4. The molecule has 1 aromatic heterocycles. The van der Waals surface area contributed by atoms with Gasteiger partial charge in [-0.25, -0.2) is 4.68 Å². The molecule has 40 heavy (non-hydrogen) atoms. The highest BCUT2D eigenvalue weighted by Gasteiger charge is 2.37. The molecule has 0 unspecified atom stereocenters. The van der Waals surface area contributed by atoms with Crippen molar-refractivity contribution in [1.82, 2.24) is 20.3 Å². The average Bonchev–Trinajstić information content (AvgIpc) is 3.65. The van der Waals surface area contributed by atoms with Crippen molar-refractivity contribution in [2.75, 3.05) is 19.1 Å². The predicted octanol–water partition coefficient (Wildman–Crippen LogP) is 4.84. The number of hydrogen-bond donors (Lipinski definition) is 1. The Labute approximate surface area is 234 Å². The number of amides is 2. The number of nitrogens with zero attached hydrogens (tertiary/aromatic N) is 4. The third kappa shape index (κ3) is 5.50. The summed E-state index contributed by atoms with van der Waals surface area (Å²) in [5.41, 5.74) is 3.70. The van der Waals surface area contributed by atoms with Crippen molar-refractivity contribution >= 4 is 28.5 Å². The first-order valence-corrected chi connectivity index (χ1v) is 13.7. The lowest BCUT2D eigenvalue weighted by atomic mass is 10.00. The number of aryl methyl sites for hydroxylation is 1. The van der Waals surface area contributed by atoms with E-state index in [0.29, 0.717) is 28.3 Å². The van der Waals surface area contributed by atoms with Crippen LogP contribution in [0.4, 0.5) is 5.69 Å². The van der Waals surface area contributed by atoms with Gasteiger partial charge in [-0.3, -0.25) is 14.5 Å². The fourth-order valence-electron chi connectivity index (χ4n) is 5.44. The van der Waals surface area contributed by atoms with Crippen molar-refractivity contribution in [2.24, 2.45) is 0 Å². The molecule has 9 nitrogen and oxygen atoms in total. The molecule has 4 aromatic rings. The maximum atomic E-state index is 14.3. The number of para-hydroxylation sites is 2. The minimum atomic E-state index is -1.01. The normalized spacial score (nSPS) is 14.2. The molecule has 0 radical (unpaired) electrons. The standard InChI is InChI=1S/C31H35N5O4/c1-4-21-16-18-23(19-17-21)36(28(37)20-35-26-14-8-7-13-25(26)33-34-35)29(31(38)32-22-10-5-6-11-22)24-12-9-15-27(39-2)30(24)40-3/h7-9,12-19,22,29H,4-6,10-11,20H2,1-3H3,(H,32,38)/t29-/m0/s1. The monoisotopic (exact) mass is 541 g/mol. The first-order chi connectivity index (χ1) is 19.5. The fourth-order valence-corrected chi connectivity index (χ4v) is 5.44. The Hall–Kier alpha value is -4.40. The van der Waals surface area contributed by atoms with Crippen molar-refractivity contribution in [3.05, 3.63) is 77.9 Å². The molecular weight excluding hydrogens is 506 g/mol. The van der Waals surface area contributed by atoms with E-state index in [9.17, 15) is 9.59 Å². The van der Waals surface area contributed by atoms with E-state index in [1.54, 1.807) is 28.8 Å². The highest BCUT2D eigenvalue weighted by molar-refractivity contribution is 6.02. The molecule has 5 rings (SSSR count). The van der Waals surface area contributed by atoms with Gasteiger partial charge in [0.2, 0.25) is 11.8 Å². The zero-order valence-corrected chi connectivity index (χ0v) is 23.2. The van der Waals surface area contributed by atoms with Crippen molar-refractivity contribution in [3.63, 3.8) is 0 Å². The van der Waals surface area contributed by atoms with Gasteiger partial charge < -0.3 is 14.8 Å².